The molecule has 0 unspecified atom stereocenters. The van der Waals surface area contributed by atoms with Crippen LogP contribution < -0.4 is 5.32 Å². The van der Waals surface area contributed by atoms with Crippen molar-refractivity contribution in [3.05, 3.63) is 46.8 Å². The molecule has 0 radical (unpaired) electrons. The summed E-state index contributed by atoms with van der Waals surface area (Å²) in [6.07, 6.45) is 5.49. The Balaban J connectivity index is 1.37. The van der Waals surface area contributed by atoms with Gasteiger partial charge >= 0.3 is 5.97 Å². The van der Waals surface area contributed by atoms with E-state index >= 15 is 0 Å². The Bertz CT molecular complexity index is 1080. The van der Waals surface area contributed by atoms with E-state index in [1.807, 2.05) is 0 Å². The number of amides is 1. The minimum Gasteiger partial charge on any atom is -0.452 e. The number of aryl methyl sites for hydroxylation is 1. The highest BCUT2D eigenvalue weighted by Gasteiger charge is 2.38. The van der Waals surface area contributed by atoms with Gasteiger partial charge in [0, 0.05) is 31.2 Å². The number of ether oxygens (including phenoxy) is 2. The first kappa shape index (κ1) is 25.2. The average Bonchev–Trinajstić information content (AvgIpc) is 3.16. The van der Waals surface area contributed by atoms with Gasteiger partial charge < -0.3 is 14.8 Å². The number of benzene rings is 1. The maximum Gasteiger partial charge on any atom is 0.342 e. The normalized spacial score (nSPS) is 18.3. The van der Waals surface area contributed by atoms with Crippen LogP contribution in [-0.2, 0) is 14.3 Å². The second-order valence-electron chi connectivity index (χ2n) is 9.29. The van der Waals surface area contributed by atoms with Crippen LogP contribution in [0.2, 0.25) is 0 Å². The van der Waals surface area contributed by atoms with Crippen LogP contribution in [0.5, 0.6) is 0 Å². The van der Waals surface area contributed by atoms with E-state index < -0.39 is 24.2 Å². The summed E-state index contributed by atoms with van der Waals surface area (Å²) in [5.41, 5.74) is 0.746. The van der Waals surface area contributed by atoms with E-state index in [1.165, 1.54) is 17.2 Å². The Kier molecular flexibility index (Phi) is 7.81. The van der Waals surface area contributed by atoms with Crippen molar-refractivity contribution in [2.24, 2.45) is 0 Å². The molecule has 0 atom stereocenters. The third-order valence-electron chi connectivity index (χ3n) is 7.05. The highest BCUT2D eigenvalue weighted by Crippen LogP contribution is 2.34. The van der Waals surface area contributed by atoms with Crippen molar-refractivity contribution < 1.29 is 27.8 Å². The molecule has 8 nitrogen and oxygen atoms in total. The monoisotopic (exact) mass is 490 g/mol. The number of carbonyl (C=O) groups excluding carboxylic acids is 2. The molecule has 4 rings (SSSR count). The second kappa shape index (κ2) is 10.8. The Morgan fingerprint density at radius 1 is 1.14 bits per heavy atom. The number of carbonyl (C=O) groups is 2. The largest absolute Gasteiger partial charge is 0.452 e. The van der Waals surface area contributed by atoms with E-state index in [0.717, 1.165) is 50.9 Å². The summed E-state index contributed by atoms with van der Waals surface area (Å²) in [5.74, 6) is -2.60. The number of halogens is 2. The van der Waals surface area contributed by atoms with Crippen LogP contribution in [0.4, 0.5) is 8.78 Å². The predicted molar refractivity (Wildman–Crippen MR) is 124 cm³/mol. The Hall–Kier alpha value is -2.85. The van der Waals surface area contributed by atoms with Crippen molar-refractivity contribution in [2.45, 2.75) is 51.5 Å². The summed E-state index contributed by atoms with van der Waals surface area (Å²) in [7, 11) is 0. The molecule has 1 saturated carbocycles. The third kappa shape index (κ3) is 5.54. The fourth-order valence-electron chi connectivity index (χ4n) is 5.20. The van der Waals surface area contributed by atoms with Crippen LogP contribution in [0, 0.1) is 25.5 Å². The zero-order chi connectivity index (χ0) is 25.0. The first-order chi connectivity index (χ1) is 16.8. The van der Waals surface area contributed by atoms with Crippen LogP contribution in [-0.4, -0.2) is 71.6 Å². The topological polar surface area (TPSA) is 85.7 Å². The molecule has 2 aliphatic rings. The van der Waals surface area contributed by atoms with E-state index in [-0.39, 0.29) is 22.7 Å². The number of hydrogen-bond acceptors (Lipinski definition) is 6. The van der Waals surface area contributed by atoms with E-state index in [9.17, 15) is 18.4 Å². The van der Waals surface area contributed by atoms with Crippen molar-refractivity contribution in [1.82, 2.24) is 20.0 Å². The van der Waals surface area contributed by atoms with Crippen LogP contribution in [0.3, 0.4) is 0 Å². The van der Waals surface area contributed by atoms with Gasteiger partial charge in [0.2, 0.25) is 0 Å². The minimum atomic E-state index is -0.799. The van der Waals surface area contributed by atoms with Crippen molar-refractivity contribution >= 4 is 11.9 Å². The quantitative estimate of drug-likeness (QED) is 0.601. The van der Waals surface area contributed by atoms with E-state index in [0.29, 0.717) is 31.1 Å². The summed E-state index contributed by atoms with van der Waals surface area (Å²) in [6.45, 7) is 6.36. The molecule has 1 amide bonds. The third-order valence-corrected chi connectivity index (χ3v) is 7.05. The molecule has 35 heavy (non-hydrogen) atoms. The van der Waals surface area contributed by atoms with Gasteiger partial charge in [0.15, 0.2) is 12.4 Å². The summed E-state index contributed by atoms with van der Waals surface area (Å²) < 4.78 is 39.5. The van der Waals surface area contributed by atoms with Crippen LogP contribution in [0.15, 0.2) is 18.2 Å². The Morgan fingerprint density at radius 2 is 1.86 bits per heavy atom. The fraction of sp³-hybridized carbons (Fsp3) is 0.560. The SMILES string of the molecule is Cc1nn(-c2ccc(F)cc2F)c(C)c1C(=O)OCC(=O)NCC1(N2CCOCC2)CCCCC1. The van der Waals surface area contributed by atoms with Gasteiger partial charge in [0.25, 0.3) is 5.91 Å². The molecule has 2 heterocycles. The van der Waals surface area contributed by atoms with Crippen LogP contribution >= 0.6 is 0 Å². The van der Waals surface area contributed by atoms with Gasteiger partial charge in [0.05, 0.1) is 24.6 Å². The van der Waals surface area contributed by atoms with Gasteiger partial charge in [-0.1, -0.05) is 19.3 Å². The predicted octanol–water partition coefficient (Wildman–Crippen LogP) is 3.08. The first-order valence-corrected chi connectivity index (χ1v) is 12.1. The molecule has 0 spiro atoms. The number of rotatable bonds is 7. The smallest absolute Gasteiger partial charge is 0.342 e. The van der Waals surface area contributed by atoms with Crippen molar-refractivity contribution in [2.75, 3.05) is 39.5 Å². The molecule has 10 heteroatoms. The van der Waals surface area contributed by atoms with Gasteiger partial charge in [0.1, 0.15) is 17.1 Å². The zero-order valence-corrected chi connectivity index (χ0v) is 20.2. The van der Waals surface area contributed by atoms with E-state index in [1.54, 1.807) is 13.8 Å². The van der Waals surface area contributed by atoms with Crippen molar-refractivity contribution in [3.63, 3.8) is 0 Å². The number of nitrogens with zero attached hydrogens (tertiary/aromatic N) is 3. The minimum absolute atomic E-state index is 0.0182. The van der Waals surface area contributed by atoms with Crippen molar-refractivity contribution in [3.8, 4) is 5.69 Å². The van der Waals surface area contributed by atoms with Gasteiger partial charge in [-0.05, 0) is 38.8 Å². The van der Waals surface area contributed by atoms with Crippen LogP contribution in [0.1, 0.15) is 53.8 Å². The molecule has 1 aliphatic heterocycles. The number of nitrogens with one attached hydrogen (secondary N) is 1. The van der Waals surface area contributed by atoms with Crippen LogP contribution in [0.25, 0.3) is 5.69 Å². The number of aromatic nitrogens is 2. The number of esters is 1. The second-order valence-corrected chi connectivity index (χ2v) is 9.29. The highest BCUT2D eigenvalue weighted by molar-refractivity contribution is 5.93. The maximum absolute atomic E-state index is 14.2. The van der Waals surface area contributed by atoms with Gasteiger partial charge in [-0.2, -0.15) is 5.10 Å². The molecule has 190 valence electrons. The molecule has 1 aromatic heterocycles. The fourth-order valence-corrected chi connectivity index (χ4v) is 5.20. The summed E-state index contributed by atoms with van der Waals surface area (Å²) in [4.78, 5) is 27.8. The molecule has 2 aromatic rings. The molecule has 1 aromatic carbocycles. The van der Waals surface area contributed by atoms with Crippen molar-refractivity contribution in [1.29, 1.82) is 0 Å². The zero-order valence-electron chi connectivity index (χ0n) is 20.2. The number of morpholine rings is 1. The summed E-state index contributed by atoms with van der Waals surface area (Å²) in [5, 5.41) is 7.18. The van der Waals surface area contributed by atoms with Gasteiger partial charge in [-0.15, -0.1) is 0 Å². The first-order valence-electron chi connectivity index (χ1n) is 12.1. The lowest BCUT2D eigenvalue weighted by Gasteiger charge is -2.48. The molecular weight excluding hydrogens is 458 g/mol. The molecular formula is C25H32F2N4O4. The lowest BCUT2D eigenvalue weighted by atomic mass is 9.79. The standard InChI is InChI=1S/C25H32F2N4O4/c1-17-23(18(2)31(29-17)21-7-6-19(26)14-20(21)27)24(33)35-15-22(32)28-16-25(8-4-3-5-9-25)30-10-12-34-13-11-30/h6-7,14H,3-5,8-13,15-16H2,1-2H3,(H,28,32). The van der Waals surface area contributed by atoms with Gasteiger partial charge in [-0.25, -0.2) is 18.3 Å². The average molecular weight is 491 g/mol. The van der Waals surface area contributed by atoms with E-state index in [4.69, 9.17) is 9.47 Å². The van der Waals surface area contributed by atoms with E-state index in [2.05, 4.69) is 15.3 Å². The lowest BCUT2D eigenvalue weighted by Crippen LogP contribution is -2.59. The van der Waals surface area contributed by atoms with Gasteiger partial charge in [-0.3, -0.25) is 9.69 Å². The lowest BCUT2D eigenvalue weighted by molar-refractivity contribution is -0.125. The maximum atomic E-state index is 14.2. The summed E-state index contributed by atoms with van der Waals surface area (Å²) >= 11 is 0. The summed E-state index contributed by atoms with van der Waals surface area (Å²) in [6, 6.07) is 3.12. The molecule has 0 bridgehead atoms. The molecule has 1 N–H and O–H groups in total. The number of hydrogen-bond donors (Lipinski definition) is 1. The molecule has 2 fully saturated rings. The Labute approximate surface area is 203 Å². The Morgan fingerprint density at radius 3 is 2.54 bits per heavy atom. The highest BCUT2D eigenvalue weighted by atomic mass is 19.1. The molecule has 1 aliphatic carbocycles. The molecule has 1 saturated heterocycles.